The van der Waals surface area contributed by atoms with Crippen LogP contribution < -0.4 is 5.32 Å². The van der Waals surface area contributed by atoms with Crippen molar-refractivity contribution in [1.82, 2.24) is 15.3 Å². The van der Waals surface area contributed by atoms with Gasteiger partial charge in [-0.25, -0.2) is 4.98 Å². The Balaban J connectivity index is 1.72. The molecule has 0 atom stereocenters. The van der Waals surface area contributed by atoms with Crippen molar-refractivity contribution in [2.75, 3.05) is 13.1 Å². The highest BCUT2D eigenvalue weighted by atomic mass is 15.0. The number of rotatable bonds is 3. The van der Waals surface area contributed by atoms with E-state index in [-0.39, 0.29) is 0 Å². The van der Waals surface area contributed by atoms with Gasteiger partial charge >= 0.3 is 0 Å². The van der Waals surface area contributed by atoms with Crippen LogP contribution in [-0.4, -0.2) is 23.1 Å². The highest BCUT2D eigenvalue weighted by Crippen LogP contribution is 2.33. The standard InChI is InChI=1S/C13H21N3/c1-9-12(6-10-7-14-8-10)16-13(15-9)11-4-2-3-5-11/h10-11,14H,2-8H2,1H3,(H,15,16). The van der Waals surface area contributed by atoms with Crippen LogP contribution in [0.1, 0.15) is 48.8 Å². The fourth-order valence-electron chi connectivity index (χ4n) is 2.88. The van der Waals surface area contributed by atoms with E-state index in [2.05, 4.69) is 17.2 Å². The molecule has 2 heterocycles. The Bertz CT molecular complexity index is 359. The fraction of sp³-hybridized carbons (Fsp3) is 0.769. The van der Waals surface area contributed by atoms with Gasteiger partial charge in [0, 0.05) is 11.6 Å². The van der Waals surface area contributed by atoms with Crippen molar-refractivity contribution in [2.45, 2.75) is 44.9 Å². The van der Waals surface area contributed by atoms with Crippen molar-refractivity contribution in [2.24, 2.45) is 5.92 Å². The first-order valence-electron chi connectivity index (χ1n) is 6.59. The smallest absolute Gasteiger partial charge is 0.109 e. The summed E-state index contributed by atoms with van der Waals surface area (Å²) in [5.41, 5.74) is 2.61. The molecule has 2 aliphatic rings. The first-order chi connectivity index (χ1) is 7.83. The molecule has 1 saturated heterocycles. The lowest BCUT2D eigenvalue weighted by atomic mass is 9.97. The fourth-order valence-corrected chi connectivity index (χ4v) is 2.88. The second kappa shape index (κ2) is 4.21. The topological polar surface area (TPSA) is 40.7 Å². The zero-order chi connectivity index (χ0) is 11.0. The van der Waals surface area contributed by atoms with E-state index in [4.69, 9.17) is 4.98 Å². The number of H-pyrrole nitrogens is 1. The quantitative estimate of drug-likeness (QED) is 0.817. The minimum atomic E-state index is 0.715. The lowest BCUT2D eigenvalue weighted by Crippen LogP contribution is -2.43. The molecule has 3 nitrogen and oxygen atoms in total. The van der Waals surface area contributed by atoms with Crippen LogP contribution in [0.5, 0.6) is 0 Å². The lowest BCUT2D eigenvalue weighted by Gasteiger charge is -2.26. The molecule has 0 aromatic carbocycles. The van der Waals surface area contributed by atoms with E-state index in [0.29, 0.717) is 5.92 Å². The Kier molecular flexibility index (Phi) is 2.72. The number of aryl methyl sites for hydroxylation is 1. The maximum Gasteiger partial charge on any atom is 0.109 e. The van der Waals surface area contributed by atoms with Crippen molar-refractivity contribution in [3.63, 3.8) is 0 Å². The van der Waals surface area contributed by atoms with Crippen LogP contribution in [-0.2, 0) is 6.42 Å². The van der Waals surface area contributed by atoms with E-state index >= 15 is 0 Å². The largest absolute Gasteiger partial charge is 0.346 e. The molecule has 0 unspecified atom stereocenters. The van der Waals surface area contributed by atoms with Crippen molar-refractivity contribution >= 4 is 0 Å². The summed E-state index contributed by atoms with van der Waals surface area (Å²) >= 11 is 0. The van der Waals surface area contributed by atoms with Crippen LogP contribution in [0.25, 0.3) is 0 Å². The minimum absolute atomic E-state index is 0.715. The highest BCUT2D eigenvalue weighted by molar-refractivity contribution is 5.17. The molecule has 0 spiro atoms. The van der Waals surface area contributed by atoms with E-state index in [1.165, 1.54) is 56.0 Å². The monoisotopic (exact) mass is 219 g/mol. The van der Waals surface area contributed by atoms with E-state index in [1.807, 2.05) is 0 Å². The molecule has 2 N–H and O–H groups in total. The maximum atomic E-state index is 4.83. The molecular weight excluding hydrogens is 198 g/mol. The number of hydrogen-bond acceptors (Lipinski definition) is 2. The normalized spacial score (nSPS) is 22.6. The molecule has 0 radical (unpaired) electrons. The number of nitrogens with one attached hydrogen (secondary N) is 2. The van der Waals surface area contributed by atoms with Crippen molar-refractivity contribution in [3.8, 4) is 0 Å². The van der Waals surface area contributed by atoms with Gasteiger partial charge < -0.3 is 10.3 Å². The third kappa shape index (κ3) is 1.88. The van der Waals surface area contributed by atoms with Gasteiger partial charge in [0.2, 0.25) is 0 Å². The number of hydrogen-bond donors (Lipinski definition) is 2. The van der Waals surface area contributed by atoms with Crippen LogP contribution in [0.15, 0.2) is 0 Å². The number of nitrogens with zero attached hydrogens (tertiary/aromatic N) is 1. The second-order valence-corrected chi connectivity index (χ2v) is 5.40. The maximum absolute atomic E-state index is 4.83. The van der Waals surface area contributed by atoms with E-state index < -0.39 is 0 Å². The van der Waals surface area contributed by atoms with Crippen LogP contribution in [0.3, 0.4) is 0 Å². The van der Waals surface area contributed by atoms with Crippen LogP contribution in [0.2, 0.25) is 0 Å². The number of aromatic nitrogens is 2. The lowest BCUT2D eigenvalue weighted by molar-refractivity contribution is 0.343. The third-order valence-electron chi connectivity index (χ3n) is 4.09. The molecule has 1 aliphatic carbocycles. The summed E-state index contributed by atoms with van der Waals surface area (Å²) in [5.74, 6) is 2.79. The Morgan fingerprint density at radius 3 is 2.62 bits per heavy atom. The zero-order valence-corrected chi connectivity index (χ0v) is 10.1. The molecule has 1 aliphatic heterocycles. The molecule has 1 saturated carbocycles. The molecule has 0 amide bonds. The van der Waals surface area contributed by atoms with Gasteiger partial charge in [-0.2, -0.15) is 0 Å². The third-order valence-corrected chi connectivity index (χ3v) is 4.09. The first kappa shape index (κ1) is 10.3. The molecule has 0 bridgehead atoms. The second-order valence-electron chi connectivity index (χ2n) is 5.40. The Morgan fingerprint density at radius 1 is 1.25 bits per heavy atom. The summed E-state index contributed by atoms with van der Waals surface area (Å²) in [6.45, 7) is 4.52. The summed E-state index contributed by atoms with van der Waals surface area (Å²) in [6, 6.07) is 0. The summed E-state index contributed by atoms with van der Waals surface area (Å²) in [7, 11) is 0. The summed E-state index contributed by atoms with van der Waals surface area (Å²) in [6.07, 6.45) is 6.58. The van der Waals surface area contributed by atoms with Crippen molar-refractivity contribution < 1.29 is 0 Å². The van der Waals surface area contributed by atoms with Gasteiger partial charge in [0.15, 0.2) is 0 Å². The van der Waals surface area contributed by atoms with Gasteiger partial charge in [-0.05, 0) is 45.2 Å². The molecule has 1 aromatic heterocycles. The SMILES string of the molecule is Cc1[nH]c(C2CCCC2)nc1CC1CNC1. The summed E-state index contributed by atoms with van der Waals surface area (Å²) in [4.78, 5) is 8.34. The summed E-state index contributed by atoms with van der Waals surface area (Å²) in [5, 5.41) is 3.32. The Morgan fingerprint density at radius 2 is 2.00 bits per heavy atom. The van der Waals surface area contributed by atoms with Gasteiger partial charge in [0.25, 0.3) is 0 Å². The predicted molar refractivity (Wildman–Crippen MR) is 64.6 cm³/mol. The van der Waals surface area contributed by atoms with Crippen molar-refractivity contribution in [3.05, 3.63) is 17.2 Å². The Labute approximate surface area is 97.0 Å². The zero-order valence-electron chi connectivity index (χ0n) is 10.1. The van der Waals surface area contributed by atoms with Gasteiger partial charge in [-0.3, -0.25) is 0 Å². The molecule has 16 heavy (non-hydrogen) atoms. The first-order valence-corrected chi connectivity index (χ1v) is 6.59. The van der Waals surface area contributed by atoms with Crippen LogP contribution in [0.4, 0.5) is 0 Å². The molecule has 88 valence electrons. The van der Waals surface area contributed by atoms with E-state index in [9.17, 15) is 0 Å². The van der Waals surface area contributed by atoms with Gasteiger partial charge in [-0.15, -0.1) is 0 Å². The molecule has 3 heteroatoms. The van der Waals surface area contributed by atoms with Gasteiger partial charge in [0.1, 0.15) is 5.82 Å². The Hall–Kier alpha value is -0.830. The van der Waals surface area contributed by atoms with E-state index in [1.54, 1.807) is 0 Å². The molecule has 2 fully saturated rings. The molecule has 1 aromatic rings. The van der Waals surface area contributed by atoms with Gasteiger partial charge in [0.05, 0.1) is 5.69 Å². The van der Waals surface area contributed by atoms with Crippen molar-refractivity contribution in [1.29, 1.82) is 0 Å². The number of aromatic amines is 1. The molecule has 3 rings (SSSR count). The van der Waals surface area contributed by atoms with E-state index in [0.717, 1.165) is 12.3 Å². The van der Waals surface area contributed by atoms with Gasteiger partial charge in [-0.1, -0.05) is 12.8 Å². The summed E-state index contributed by atoms with van der Waals surface area (Å²) < 4.78 is 0. The highest BCUT2D eigenvalue weighted by Gasteiger charge is 2.23. The predicted octanol–water partition coefficient (Wildman–Crippen LogP) is 2.14. The van der Waals surface area contributed by atoms with Crippen LogP contribution in [0, 0.1) is 12.8 Å². The average Bonchev–Trinajstić information content (AvgIpc) is 2.80. The molecular formula is C13H21N3. The average molecular weight is 219 g/mol. The number of imidazole rings is 1. The van der Waals surface area contributed by atoms with Crippen LogP contribution >= 0.6 is 0 Å². The minimum Gasteiger partial charge on any atom is -0.346 e.